The van der Waals surface area contributed by atoms with E-state index in [1.54, 1.807) is 47.3 Å². The van der Waals surface area contributed by atoms with Crippen molar-refractivity contribution in [1.29, 1.82) is 0 Å². The Hall–Kier alpha value is -3.48. The van der Waals surface area contributed by atoms with Crippen LogP contribution in [0.3, 0.4) is 0 Å². The Balaban J connectivity index is 1.82. The molecule has 30 heavy (non-hydrogen) atoms. The van der Waals surface area contributed by atoms with Crippen LogP contribution >= 0.6 is 11.3 Å². The number of hydrogen-bond donors (Lipinski definition) is 0. The zero-order valence-electron chi connectivity index (χ0n) is 15.9. The largest absolute Gasteiger partial charge is 0.286 e. The maximum absolute atomic E-state index is 12.8. The van der Waals surface area contributed by atoms with E-state index in [2.05, 4.69) is 15.9 Å². The lowest BCUT2D eigenvalue weighted by atomic mass is 10.1. The van der Waals surface area contributed by atoms with Crippen LogP contribution in [0.5, 0.6) is 0 Å². The first kappa shape index (κ1) is 19.8. The molecule has 0 fully saturated rings. The second-order valence-corrected chi connectivity index (χ2v) is 9.30. The molecule has 1 aromatic carbocycles. The summed E-state index contributed by atoms with van der Waals surface area (Å²) in [7, 11) is -3.54. The average Bonchev–Trinajstić information content (AvgIpc) is 3.40. The molecule has 3 aromatic heterocycles. The number of nitrogens with zero attached hydrogens (tertiary/aromatic N) is 4. The van der Waals surface area contributed by atoms with Crippen LogP contribution in [-0.2, 0) is 10.0 Å². The highest BCUT2D eigenvalue weighted by atomic mass is 32.2. The van der Waals surface area contributed by atoms with Gasteiger partial charge in [0.05, 0.1) is 29.1 Å². The highest BCUT2D eigenvalue weighted by molar-refractivity contribution is 7.92. The fraction of sp³-hybridized carbons (Fsp3) is 0.0952. The van der Waals surface area contributed by atoms with Crippen molar-refractivity contribution in [3.8, 4) is 23.6 Å². The number of fused-ring (bicyclic) bond motifs is 1. The molecule has 0 aliphatic heterocycles. The zero-order chi connectivity index (χ0) is 21.3. The van der Waals surface area contributed by atoms with Crippen molar-refractivity contribution in [2.45, 2.75) is 0 Å². The van der Waals surface area contributed by atoms with Crippen molar-refractivity contribution < 1.29 is 13.2 Å². The summed E-state index contributed by atoms with van der Waals surface area (Å²) in [5.41, 5.74) is 2.60. The third-order valence-corrected chi connectivity index (χ3v) is 6.47. The number of carbonyl (C=O) groups excluding carboxylic acids is 1. The van der Waals surface area contributed by atoms with E-state index in [9.17, 15) is 13.2 Å². The molecule has 0 N–H and O–H groups in total. The molecule has 0 amide bonds. The standard InChI is InChI=1S/C21H16N4O3S2/c1-3-11-25(30(2,27)28)16-7-4-6-15(13-16)17-9-10-22-21-19(23-14-24(17)21)20(26)18-8-5-12-29-18/h1,4-10,12-14H,11H2,2H3. The van der Waals surface area contributed by atoms with Crippen LogP contribution in [0.25, 0.3) is 16.9 Å². The lowest BCUT2D eigenvalue weighted by Crippen LogP contribution is -2.30. The summed E-state index contributed by atoms with van der Waals surface area (Å²) >= 11 is 1.35. The molecule has 9 heteroatoms. The van der Waals surface area contributed by atoms with Crippen LogP contribution in [0, 0.1) is 12.3 Å². The third kappa shape index (κ3) is 3.58. The van der Waals surface area contributed by atoms with E-state index < -0.39 is 10.0 Å². The number of thiophene rings is 1. The van der Waals surface area contributed by atoms with Crippen molar-refractivity contribution >= 4 is 38.5 Å². The summed E-state index contributed by atoms with van der Waals surface area (Å²) in [6.45, 7) is -0.0709. The van der Waals surface area contributed by atoms with Crippen molar-refractivity contribution in [3.63, 3.8) is 0 Å². The van der Waals surface area contributed by atoms with Crippen LogP contribution in [0.4, 0.5) is 5.69 Å². The van der Waals surface area contributed by atoms with E-state index >= 15 is 0 Å². The topological polar surface area (TPSA) is 84.6 Å². The molecule has 0 unspecified atom stereocenters. The summed E-state index contributed by atoms with van der Waals surface area (Å²) < 4.78 is 27.2. The number of sulfonamides is 1. The van der Waals surface area contributed by atoms with Gasteiger partial charge in [-0.15, -0.1) is 17.8 Å². The second-order valence-electron chi connectivity index (χ2n) is 6.45. The van der Waals surface area contributed by atoms with Gasteiger partial charge in [-0.1, -0.05) is 24.1 Å². The summed E-state index contributed by atoms with van der Waals surface area (Å²) in [6, 6.07) is 12.3. The molecule has 0 aliphatic rings. The smallest absolute Gasteiger partial charge is 0.233 e. The first-order valence-corrected chi connectivity index (χ1v) is 11.5. The van der Waals surface area contributed by atoms with E-state index in [1.807, 2.05) is 17.5 Å². The van der Waals surface area contributed by atoms with Crippen molar-refractivity contribution in [3.05, 3.63) is 70.9 Å². The second kappa shape index (κ2) is 7.74. The maximum Gasteiger partial charge on any atom is 0.233 e. The Bertz CT molecular complexity index is 1380. The van der Waals surface area contributed by atoms with Crippen molar-refractivity contribution in [1.82, 2.24) is 14.4 Å². The summed E-state index contributed by atoms with van der Waals surface area (Å²) in [5.74, 6) is 2.18. The summed E-state index contributed by atoms with van der Waals surface area (Å²) in [5, 5.41) is 1.83. The molecule has 7 nitrogen and oxygen atoms in total. The number of imidazole rings is 1. The number of ketones is 1. The molecule has 0 aliphatic carbocycles. The minimum Gasteiger partial charge on any atom is -0.286 e. The number of rotatable bonds is 6. The normalized spacial score (nSPS) is 11.3. The Kier molecular flexibility index (Phi) is 5.11. The Morgan fingerprint density at radius 1 is 1.23 bits per heavy atom. The molecule has 0 saturated heterocycles. The number of benzene rings is 1. The van der Waals surface area contributed by atoms with E-state index in [-0.39, 0.29) is 18.0 Å². The molecule has 3 heterocycles. The highest BCUT2D eigenvalue weighted by Gasteiger charge is 2.20. The predicted octanol–water partition coefficient (Wildman–Crippen LogP) is 3.09. The molecule has 4 aromatic rings. The first-order chi connectivity index (χ1) is 14.4. The lowest BCUT2D eigenvalue weighted by molar-refractivity contribution is 0.103. The van der Waals surface area contributed by atoms with Gasteiger partial charge < -0.3 is 0 Å². The van der Waals surface area contributed by atoms with Gasteiger partial charge in [0.25, 0.3) is 0 Å². The number of hydrogen-bond acceptors (Lipinski definition) is 6. The minimum absolute atomic E-state index is 0.0709. The maximum atomic E-state index is 12.8. The molecular formula is C21H16N4O3S2. The molecule has 0 spiro atoms. The Morgan fingerprint density at radius 2 is 2.07 bits per heavy atom. The predicted molar refractivity (Wildman–Crippen MR) is 117 cm³/mol. The van der Waals surface area contributed by atoms with E-state index in [0.717, 1.165) is 16.1 Å². The number of carbonyl (C=O) groups is 1. The van der Waals surface area contributed by atoms with Gasteiger partial charge in [0.1, 0.15) is 6.33 Å². The van der Waals surface area contributed by atoms with Crippen LogP contribution in [0.1, 0.15) is 15.4 Å². The van der Waals surface area contributed by atoms with Crippen molar-refractivity contribution in [2.24, 2.45) is 0 Å². The quantitative estimate of drug-likeness (QED) is 0.343. The fourth-order valence-corrected chi connectivity index (χ4v) is 4.59. The number of aromatic nitrogens is 3. The van der Waals surface area contributed by atoms with Crippen LogP contribution in [0.2, 0.25) is 0 Å². The summed E-state index contributed by atoms with van der Waals surface area (Å²) in [6.07, 6.45) is 9.60. The summed E-state index contributed by atoms with van der Waals surface area (Å²) in [4.78, 5) is 22.0. The molecule has 0 bridgehead atoms. The van der Waals surface area contributed by atoms with Gasteiger partial charge in [-0.2, -0.15) is 0 Å². The van der Waals surface area contributed by atoms with E-state index in [4.69, 9.17) is 6.42 Å². The SMILES string of the molecule is C#CCN(c1cccc(-c2ccnc3c(C(=O)c4cccs4)ncn23)c1)S(C)(=O)=O. The number of anilines is 1. The molecule has 150 valence electrons. The molecule has 0 radical (unpaired) electrons. The monoisotopic (exact) mass is 436 g/mol. The van der Waals surface area contributed by atoms with Gasteiger partial charge in [0, 0.05) is 11.8 Å². The van der Waals surface area contributed by atoms with Crippen LogP contribution in [-0.4, -0.2) is 41.4 Å². The highest BCUT2D eigenvalue weighted by Crippen LogP contribution is 2.27. The zero-order valence-corrected chi connectivity index (χ0v) is 17.5. The molecular weight excluding hydrogens is 420 g/mol. The first-order valence-electron chi connectivity index (χ1n) is 8.82. The van der Waals surface area contributed by atoms with Crippen LogP contribution in [0.15, 0.2) is 60.4 Å². The van der Waals surface area contributed by atoms with Gasteiger partial charge in [-0.3, -0.25) is 13.5 Å². The van der Waals surface area contributed by atoms with Crippen molar-refractivity contribution in [2.75, 3.05) is 17.1 Å². The fourth-order valence-electron chi connectivity index (χ4n) is 3.12. The third-order valence-electron chi connectivity index (χ3n) is 4.46. The molecule has 4 rings (SSSR count). The van der Waals surface area contributed by atoms with Gasteiger partial charge in [0.15, 0.2) is 11.3 Å². The molecule has 0 saturated carbocycles. The minimum atomic E-state index is -3.54. The average molecular weight is 437 g/mol. The van der Waals surface area contributed by atoms with Crippen LogP contribution < -0.4 is 4.31 Å². The Morgan fingerprint density at radius 3 is 2.77 bits per heavy atom. The van der Waals surface area contributed by atoms with Gasteiger partial charge in [-0.05, 0) is 29.6 Å². The van der Waals surface area contributed by atoms with E-state index in [0.29, 0.717) is 21.9 Å². The molecule has 0 atom stereocenters. The van der Waals surface area contributed by atoms with Gasteiger partial charge in [-0.25, -0.2) is 18.4 Å². The Labute approximate surface area is 177 Å². The van der Waals surface area contributed by atoms with Gasteiger partial charge >= 0.3 is 0 Å². The number of terminal acetylenes is 1. The van der Waals surface area contributed by atoms with E-state index in [1.165, 1.54) is 11.3 Å². The van der Waals surface area contributed by atoms with Gasteiger partial charge in [0.2, 0.25) is 15.8 Å². The lowest BCUT2D eigenvalue weighted by Gasteiger charge is -2.20.